The zero-order valence-electron chi connectivity index (χ0n) is 15.0. The fourth-order valence-corrected chi connectivity index (χ4v) is 4.43. The van der Waals surface area contributed by atoms with Gasteiger partial charge in [-0.25, -0.2) is 13.1 Å². The number of hydrogen-bond donors (Lipinski definition) is 2. The topological polar surface area (TPSA) is 78.5 Å². The number of rotatable bonds is 5. The Labute approximate surface area is 144 Å². The number of amides is 1. The van der Waals surface area contributed by atoms with Crippen LogP contribution in [0.4, 0.5) is 5.69 Å². The Morgan fingerprint density at radius 3 is 2.38 bits per heavy atom. The summed E-state index contributed by atoms with van der Waals surface area (Å²) in [5.74, 6) is -0.118. The van der Waals surface area contributed by atoms with Gasteiger partial charge >= 0.3 is 0 Å². The number of carbonyl (C=O) groups excluding carboxylic acids is 1. The molecule has 3 atom stereocenters. The number of likely N-dealkylation sites (tertiary alicyclic amines) is 1. The lowest BCUT2D eigenvalue weighted by atomic mass is 10.2. The monoisotopic (exact) mass is 353 g/mol. The summed E-state index contributed by atoms with van der Waals surface area (Å²) in [6, 6.07) is 5.42. The average Bonchev–Trinajstić information content (AvgIpc) is 2.87. The van der Waals surface area contributed by atoms with Crippen LogP contribution in [0.5, 0.6) is 0 Å². The van der Waals surface area contributed by atoms with E-state index < -0.39 is 10.0 Å². The zero-order valence-corrected chi connectivity index (χ0v) is 15.8. The highest BCUT2D eigenvalue weighted by molar-refractivity contribution is 7.89. The molecule has 0 radical (unpaired) electrons. The lowest BCUT2D eigenvalue weighted by Gasteiger charge is -2.31. The van der Waals surface area contributed by atoms with Crippen molar-refractivity contribution in [3.63, 3.8) is 0 Å². The number of aryl methyl sites for hydroxylation is 1. The van der Waals surface area contributed by atoms with Gasteiger partial charge in [0.05, 0.1) is 10.9 Å². The van der Waals surface area contributed by atoms with Crippen molar-refractivity contribution >= 4 is 21.6 Å². The van der Waals surface area contributed by atoms with Crippen LogP contribution in [0, 0.1) is 6.92 Å². The minimum Gasteiger partial charge on any atom is -0.325 e. The van der Waals surface area contributed by atoms with Crippen LogP contribution in [-0.4, -0.2) is 44.4 Å². The molecule has 1 amide bonds. The van der Waals surface area contributed by atoms with E-state index in [-0.39, 0.29) is 16.8 Å². The Kier molecular flexibility index (Phi) is 5.67. The number of hydrogen-bond acceptors (Lipinski definition) is 4. The summed E-state index contributed by atoms with van der Waals surface area (Å²) >= 11 is 0. The van der Waals surface area contributed by atoms with E-state index >= 15 is 0 Å². The Morgan fingerprint density at radius 2 is 1.83 bits per heavy atom. The largest absolute Gasteiger partial charge is 0.325 e. The molecule has 0 spiro atoms. The van der Waals surface area contributed by atoms with E-state index in [2.05, 4.69) is 28.8 Å². The smallest absolute Gasteiger partial charge is 0.241 e. The molecule has 1 heterocycles. The van der Waals surface area contributed by atoms with Crippen LogP contribution in [-0.2, 0) is 14.8 Å². The number of anilines is 1. The number of sulfonamides is 1. The molecule has 1 aliphatic rings. The third-order valence-corrected chi connectivity index (χ3v) is 6.42. The standard InChI is InChI=1S/C17H27N3O3S/c1-11-6-9-15(10-16(11)24(22,23)18-5)19-17(21)14(4)20-12(2)7-8-13(20)3/h6,9-10,12-14,18H,7-8H2,1-5H3,(H,19,21)/t12-,13-,14-/m0/s1. The summed E-state index contributed by atoms with van der Waals surface area (Å²) in [7, 11) is -2.18. The van der Waals surface area contributed by atoms with Gasteiger partial charge in [0.1, 0.15) is 0 Å². The van der Waals surface area contributed by atoms with Crippen LogP contribution in [0.25, 0.3) is 0 Å². The lowest BCUT2D eigenvalue weighted by molar-refractivity contribution is -0.121. The van der Waals surface area contributed by atoms with Gasteiger partial charge in [-0.15, -0.1) is 0 Å². The van der Waals surface area contributed by atoms with Crippen LogP contribution in [0.3, 0.4) is 0 Å². The first kappa shape index (κ1) is 18.9. The second-order valence-corrected chi connectivity index (χ2v) is 8.43. The van der Waals surface area contributed by atoms with Gasteiger partial charge in [0.15, 0.2) is 0 Å². The van der Waals surface area contributed by atoms with Gasteiger partial charge in [-0.05, 0) is 65.3 Å². The van der Waals surface area contributed by atoms with Crippen molar-refractivity contribution in [2.45, 2.75) is 63.6 Å². The van der Waals surface area contributed by atoms with Crippen LogP contribution in [0.15, 0.2) is 23.1 Å². The van der Waals surface area contributed by atoms with Crippen molar-refractivity contribution in [1.82, 2.24) is 9.62 Å². The maximum Gasteiger partial charge on any atom is 0.241 e. The quantitative estimate of drug-likeness (QED) is 0.850. The van der Waals surface area contributed by atoms with Crippen molar-refractivity contribution in [2.75, 3.05) is 12.4 Å². The number of nitrogens with zero attached hydrogens (tertiary/aromatic N) is 1. The molecule has 1 aromatic carbocycles. The van der Waals surface area contributed by atoms with Crippen molar-refractivity contribution in [3.8, 4) is 0 Å². The molecule has 0 aromatic heterocycles. The summed E-state index contributed by atoms with van der Waals surface area (Å²) in [6.45, 7) is 7.90. The predicted molar refractivity (Wildman–Crippen MR) is 95.5 cm³/mol. The molecule has 0 bridgehead atoms. The Bertz CT molecular complexity index is 708. The highest BCUT2D eigenvalue weighted by Crippen LogP contribution is 2.27. The maximum absolute atomic E-state index is 12.6. The molecule has 0 unspecified atom stereocenters. The van der Waals surface area contributed by atoms with E-state index in [0.717, 1.165) is 12.8 Å². The molecule has 134 valence electrons. The van der Waals surface area contributed by atoms with E-state index in [0.29, 0.717) is 23.3 Å². The van der Waals surface area contributed by atoms with E-state index in [4.69, 9.17) is 0 Å². The average molecular weight is 353 g/mol. The first-order chi connectivity index (χ1) is 11.2. The van der Waals surface area contributed by atoms with E-state index in [9.17, 15) is 13.2 Å². The SMILES string of the molecule is CNS(=O)(=O)c1cc(NC(=O)[C@H](C)N2[C@@H](C)CC[C@@H]2C)ccc1C. The second-order valence-electron chi connectivity index (χ2n) is 6.58. The summed E-state index contributed by atoms with van der Waals surface area (Å²) < 4.78 is 26.4. The molecule has 1 fully saturated rings. The fraction of sp³-hybridized carbons (Fsp3) is 0.588. The number of nitrogens with one attached hydrogen (secondary N) is 2. The normalized spacial score (nSPS) is 23.2. The molecular weight excluding hydrogens is 326 g/mol. The highest BCUT2D eigenvalue weighted by atomic mass is 32.2. The first-order valence-electron chi connectivity index (χ1n) is 8.30. The van der Waals surface area contributed by atoms with Gasteiger partial charge in [0, 0.05) is 17.8 Å². The van der Waals surface area contributed by atoms with E-state index in [1.165, 1.54) is 13.1 Å². The first-order valence-corrected chi connectivity index (χ1v) is 9.78. The molecule has 0 saturated carbocycles. The number of benzene rings is 1. The van der Waals surface area contributed by atoms with Crippen LogP contribution < -0.4 is 10.0 Å². The molecule has 2 rings (SSSR count). The molecule has 0 aliphatic carbocycles. The van der Waals surface area contributed by atoms with Crippen molar-refractivity contribution in [3.05, 3.63) is 23.8 Å². The Hall–Kier alpha value is -1.44. The molecule has 1 saturated heterocycles. The third kappa shape index (κ3) is 3.79. The van der Waals surface area contributed by atoms with Gasteiger partial charge in [-0.2, -0.15) is 0 Å². The highest BCUT2D eigenvalue weighted by Gasteiger charge is 2.34. The van der Waals surface area contributed by atoms with Crippen molar-refractivity contribution < 1.29 is 13.2 Å². The summed E-state index contributed by atoms with van der Waals surface area (Å²) in [5, 5.41) is 2.85. The minimum atomic E-state index is -3.55. The van der Waals surface area contributed by atoms with Crippen LogP contribution in [0.1, 0.15) is 39.2 Å². The molecule has 2 N–H and O–H groups in total. The van der Waals surface area contributed by atoms with E-state index in [1.54, 1.807) is 19.1 Å². The number of carbonyl (C=O) groups is 1. The van der Waals surface area contributed by atoms with Gasteiger partial charge in [0.25, 0.3) is 0 Å². The van der Waals surface area contributed by atoms with E-state index in [1.807, 2.05) is 6.92 Å². The van der Waals surface area contributed by atoms with Gasteiger partial charge in [-0.1, -0.05) is 6.07 Å². The fourth-order valence-electron chi connectivity index (χ4n) is 3.44. The van der Waals surface area contributed by atoms with Gasteiger partial charge in [0.2, 0.25) is 15.9 Å². The minimum absolute atomic E-state index is 0.118. The summed E-state index contributed by atoms with van der Waals surface area (Å²) in [6.07, 6.45) is 2.18. The van der Waals surface area contributed by atoms with Gasteiger partial charge < -0.3 is 5.32 Å². The molecule has 7 heteroatoms. The summed E-state index contributed by atoms with van der Waals surface area (Å²) in [5.41, 5.74) is 1.13. The second kappa shape index (κ2) is 7.21. The van der Waals surface area contributed by atoms with Crippen molar-refractivity contribution in [2.24, 2.45) is 0 Å². The molecule has 6 nitrogen and oxygen atoms in total. The molecule has 1 aromatic rings. The Morgan fingerprint density at radius 1 is 1.25 bits per heavy atom. The van der Waals surface area contributed by atoms with Crippen molar-refractivity contribution in [1.29, 1.82) is 0 Å². The van der Waals surface area contributed by atoms with Crippen LogP contribution in [0.2, 0.25) is 0 Å². The van der Waals surface area contributed by atoms with Crippen LogP contribution >= 0.6 is 0 Å². The third-order valence-electron chi connectivity index (χ3n) is 4.86. The molecule has 24 heavy (non-hydrogen) atoms. The Balaban J connectivity index is 2.19. The summed E-state index contributed by atoms with van der Waals surface area (Å²) in [4.78, 5) is 15.0. The zero-order chi connectivity index (χ0) is 18.1. The molecule has 1 aliphatic heterocycles. The lowest BCUT2D eigenvalue weighted by Crippen LogP contribution is -2.46. The predicted octanol–water partition coefficient (Wildman–Crippen LogP) is 2.10. The molecular formula is C17H27N3O3S. The van der Waals surface area contributed by atoms with Gasteiger partial charge in [-0.3, -0.25) is 9.69 Å². The maximum atomic E-state index is 12.6.